The van der Waals surface area contributed by atoms with E-state index in [0.717, 1.165) is 0 Å². The Balaban J connectivity index is 1.60. The van der Waals surface area contributed by atoms with E-state index < -0.39 is 0 Å². The van der Waals surface area contributed by atoms with Gasteiger partial charge >= 0.3 is 0 Å². The summed E-state index contributed by atoms with van der Waals surface area (Å²) in [4.78, 5) is 61.5. The van der Waals surface area contributed by atoms with Gasteiger partial charge in [0.15, 0.2) is 0 Å². The van der Waals surface area contributed by atoms with Gasteiger partial charge in [-0.3, -0.25) is 19.2 Å². The van der Waals surface area contributed by atoms with Gasteiger partial charge < -0.3 is 38.5 Å². The summed E-state index contributed by atoms with van der Waals surface area (Å²) in [7, 11) is 0. The Kier molecular flexibility index (Phi) is 8.52. The molecule has 4 aliphatic heterocycles. The fraction of sp³-hybridized carbons (Fsp3) is 0.615. The lowest BCUT2D eigenvalue weighted by Gasteiger charge is -2.32. The van der Waals surface area contributed by atoms with Crippen LogP contribution in [-0.4, -0.2) is 148 Å². The maximum atomic E-state index is 13.8. The minimum Gasteiger partial charge on any atom is -0.378 e. The lowest BCUT2D eigenvalue weighted by atomic mass is 9.94. The number of rotatable bonds is 4. The van der Waals surface area contributed by atoms with Crippen LogP contribution in [0.5, 0.6) is 0 Å². The number of amides is 4. The van der Waals surface area contributed by atoms with Crippen molar-refractivity contribution in [2.75, 3.05) is 105 Å². The molecular weight excluding hydrogens is 496 g/mol. The molecule has 1 aromatic carbocycles. The predicted molar refractivity (Wildman–Crippen MR) is 133 cm³/mol. The second-order valence-electron chi connectivity index (χ2n) is 9.56. The molecule has 0 N–H and O–H groups in total. The maximum Gasteiger partial charge on any atom is 0.254 e. The fourth-order valence-corrected chi connectivity index (χ4v) is 5.05. The molecule has 0 aliphatic carbocycles. The van der Waals surface area contributed by atoms with Gasteiger partial charge in [-0.1, -0.05) is 0 Å². The van der Waals surface area contributed by atoms with Gasteiger partial charge in [0, 0.05) is 52.4 Å². The number of carbonyl (C=O) groups excluding carboxylic acids is 4. The van der Waals surface area contributed by atoms with Gasteiger partial charge in [0.2, 0.25) is 0 Å². The summed E-state index contributed by atoms with van der Waals surface area (Å²) in [6.07, 6.45) is 0. The third-order valence-electron chi connectivity index (χ3n) is 7.27. The first kappa shape index (κ1) is 26.5. The quantitative estimate of drug-likeness (QED) is 0.515. The van der Waals surface area contributed by atoms with Crippen molar-refractivity contribution in [3.8, 4) is 0 Å². The van der Waals surface area contributed by atoms with Gasteiger partial charge in [-0.05, 0) is 12.1 Å². The molecule has 4 aliphatic rings. The molecule has 4 fully saturated rings. The first-order valence-electron chi connectivity index (χ1n) is 13.2. The van der Waals surface area contributed by atoms with Crippen LogP contribution in [0.2, 0.25) is 0 Å². The van der Waals surface area contributed by atoms with Crippen molar-refractivity contribution in [2.45, 2.75) is 0 Å². The van der Waals surface area contributed by atoms with E-state index in [9.17, 15) is 19.2 Å². The van der Waals surface area contributed by atoms with Crippen molar-refractivity contribution in [2.24, 2.45) is 0 Å². The van der Waals surface area contributed by atoms with Gasteiger partial charge in [0.05, 0.1) is 75.1 Å². The summed E-state index contributed by atoms with van der Waals surface area (Å²) in [5.74, 6) is -1.42. The van der Waals surface area contributed by atoms with Gasteiger partial charge in [0.1, 0.15) is 0 Å². The summed E-state index contributed by atoms with van der Waals surface area (Å²) in [6, 6.07) is 2.91. The zero-order valence-corrected chi connectivity index (χ0v) is 21.5. The predicted octanol–water partition coefficient (Wildman–Crippen LogP) is -0.424. The number of morpholine rings is 4. The van der Waals surface area contributed by atoms with Crippen molar-refractivity contribution < 1.29 is 38.1 Å². The highest BCUT2D eigenvalue weighted by atomic mass is 16.5. The van der Waals surface area contributed by atoms with Crippen LogP contribution >= 0.6 is 0 Å². The van der Waals surface area contributed by atoms with Crippen LogP contribution in [0.15, 0.2) is 12.1 Å². The van der Waals surface area contributed by atoms with Crippen LogP contribution in [0.1, 0.15) is 41.4 Å². The highest BCUT2D eigenvalue weighted by Crippen LogP contribution is 2.25. The largest absolute Gasteiger partial charge is 0.378 e. The van der Waals surface area contributed by atoms with Gasteiger partial charge in [-0.25, -0.2) is 0 Å². The molecule has 0 atom stereocenters. The summed E-state index contributed by atoms with van der Waals surface area (Å²) in [6.45, 7) is 6.20. The molecule has 12 heteroatoms. The molecule has 0 aromatic heterocycles. The lowest BCUT2D eigenvalue weighted by Crippen LogP contribution is -2.45. The molecule has 38 heavy (non-hydrogen) atoms. The van der Waals surface area contributed by atoms with E-state index in [-0.39, 0.29) is 45.9 Å². The molecule has 0 saturated carbocycles. The third kappa shape index (κ3) is 5.68. The van der Waals surface area contributed by atoms with Gasteiger partial charge in [0.25, 0.3) is 23.6 Å². The molecule has 0 radical (unpaired) electrons. The zero-order chi connectivity index (χ0) is 26.5. The molecular formula is C26H34N4O8. The standard InChI is InChI=1S/C26H34N4O8/c31-23(27-1-9-35-10-2-27)19-17-21(25(33)29-5-13-37-14-6-29)22(26(34)30-7-15-38-16-8-30)18-20(19)24(32)28-3-11-36-12-4-28/h17-18H,1-16H2. The van der Waals surface area contributed by atoms with Crippen molar-refractivity contribution in [3.05, 3.63) is 34.4 Å². The van der Waals surface area contributed by atoms with Crippen LogP contribution in [-0.2, 0) is 18.9 Å². The van der Waals surface area contributed by atoms with E-state index in [0.29, 0.717) is 105 Å². The van der Waals surface area contributed by atoms with Crippen LogP contribution in [0.25, 0.3) is 0 Å². The van der Waals surface area contributed by atoms with E-state index in [1.54, 1.807) is 19.6 Å². The Hall–Kier alpha value is -3.06. The SMILES string of the molecule is O=C(c1cc(C(=O)N2CCOCC2)c(C(=O)N2CCOCC2)cc1C(=O)N1CCOCC1)N1CCOCC1. The van der Waals surface area contributed by atoms with Crippen molar-refractivity contribution in [1.29, 1.82) is 0 Å². The van der Waals surface area contributed by atoms with Gasteiger partial charge in [-0.2, -0.15) is 0 Å². The molecule has 12 nitrogen and oxygen atoms in total. The first-order chi connectivity index (χ1) is 18.5. The molecule has 4 heterocycles. The normalized spacial score (nSPS) is 20.8. The average molecular weight is 531 g/mol. The van der Waals surface area contributed by atoms with E-state index in [1.165, 1.54) is 12.1 Å². The highest BCUT2D eigenvalue weighted by molar-refractivity contribution is 6.14. The topological polar surface area (TPSA) is 118 Å². The Morgan fingerprint density at radius 3 is 0.763 bits per heavy atom. The monoisotopic (exact) mass is 530 g/mol. The Morgan fingerprint density at radius 2 is 0.579 bits per heavy atom. The zero-order valence-electron chi connectivity index (χ0n) is 21.5. The summed E-state index contributed by atoms with van der Waals surface area (Å²) in [5, 5.41) is 0. The number of ether oxygens (including phenoxy) is 4. The molecule has 5 rings (SSSR count). The molecule has 0 unspecified atom stereocenters. The summed E-state index contributed by atoms with van der Waals surface area (Å²) < 4.78 is 21.6. The van der Waals surface area contributed by atoms with E-state index in [1.807, 2.05) is 0 Å². The van der Waals surface area contributed by atoms with Gasteiger partial charge in [-0.15, -0.1) is 0 Å². The van der Waals surface area contributed by atoms with Crippen molar-refractivity contribution in [1.82, 2.24) is 19.6 Å². The van der Waals surface area contributed by atoms with E-state index >= 15 is 0 Å². The smallest absolute Gasteiger partial charge is 0.254 e. The summed E-state index contributed by atoms with van der Waals surface area (Å²) in [5.41, 5.74) is 0.495. The van der Waals surface area contributed by atoms with E-state index in [4.69, 9.17) is 18.9 Å². The van der Waals surface area contributed by atoms with Crippen LogP contribution in [0.4, 0.5) is 0 Å². The van der Waals surface area contributed by atoms with Crippen molar-refractivity contribution >= 4 is 23.6 Å². The highest BCUT2D eigenvalue weighted by Gasteiger charge is 2.34. The van der Waals surface area contributed by atoms with E-state index in [2.05, 4.69) is 0 Å². The number of nitrogens with zero attached hydrogens (tertiary/aromatic N) is 4. The number of hydrogen-bond donors (Lipinski definition) is 0. The molecule has 206 valence electrons. The minimum absolute atomic E-state index is 0.124. The lowest BCUT2D eigenvalue weighted by molar-refractivity contribution is 0.0269. The Labute approximate surface area is 221 Å². The molecule has 1 aromatic rings. The Morgan fingerprint density at radius 1 is 0.395 bits per heavy atom. The summed E-state index contributed by atoms with van der Waals surface area (Å²) >= 11 is 0. The van der Waals surface area contributed by atoms with Crippen LogP contribution in [0, 0.1) is 0 Å². The minimum atomic E-state index is -0.355. The maximum absolute atomic E-state index is 13.8. The van der Waals surface area contributed by atoms with Crippen molar-refractivity contribution in [3.63, 3.8) is 0 Å². The number of carbonyl (C=O) groups is 4. The third-order valence-corrected chi connectivity index (χ3v) is 7.27. The average Bonchev–Trinajstić information content (AvgIpc) is 3.00. The molecule has 0 spiro atoms. The number of benzene rings is 1. The molecule has 4 amide bonds. The second kappa shape index (κ2) is 12.2. The van der Waals surface area contributed by atoms with Crippen LogP contribution in [0.3, 0.4) is 0 Å². The molecule has 0 bridgehead atoms. The molecule has 4 saturated heterocycles. The Bertz CT molecular complexity index is 893. The second-order valence-corrected chi connectivity index (χ2v) is 9.56. The number of hydrogen-bond acceptors (Lipinski definition) is 8. The first-order valence-corrected chi connectivity index (χ1v) is 13.2. The van der Waals surface area contributed by atoms with Crippen LogP contribution < -0.4 is 0 Å². The fourth-order valence-electron chi connectivity index (χ4n) is 5.05.